The molecule has 3 rings (SSSR count). The Morgan fingerprint density at radius 3 is 2.57 bits per heavy atom. The second kappa shape index (κ2) is 12.0. The Balaban J connectivity index is 0.00000280. The van der Waals surface area contributed by atoms with Crippen LogP contribution in [0.2, 0.25) is 0 Å². The molecule has 1 aromatic heterocycles. The van der Waals surface area contributed by atoms with Crippen LogP contribution in [-0.4, -0.2) is 50.3 Å². The fourth-order valence-corrected chi connectivity index (χ4v) is 3.13. The monoisotopic (exact) mass is 502 g/mol. The molecular formula is C20H28FIN4O2. The van der Waals surface area contributed by atoms with E-state index < -0.39 is 0 Å². The highest BCUT2D eigenvalue weighted by Gasteiger charge is 2.23. The van der Waals surface area contributed by atoms with E-state index >= 15 is 0 Å². The van der Waals surface area contributed by atoms with E-state index in [1.165, 1.54) is 12.1 Å². The molecule has 1 aromatic carbocycles. The number of halogens is 2. The van der Waals surface area contributed by atoms with E-state index in [9.17, 15) is 4.39 Å². The highest BCUT2D eigenvalue weighted by Crippen LogP contribution is 2.21. The lowest BCUT2D eigenvalue weighted by Gasteiger charge is -2.35. The number of nitrogens with one attached hydrogen (secondary N) is 2. The van der Waals surface area contributed by atoms with Crippen LogP contribution in [0.4, 0.5) is 4.39 Å². The third-order valence-electron chi connectivity index (χ3n) is 4.52. The zero-order valence-corrected chi connectivity index (χ0v) is 18.4. The van der Waals surface area contributed by atoms with Crippen LogP contribution in [0.25, 0.3) is 0 Å². The van der Waals surface area contributed by atoms with Gasteiger partial charge >= 0.3 is 0 Å². The van der Waals surface area contributed by atoms with Crippen molar-refractivity contribution in [3.05, 3.63) is 59.8 Å². The van der Waals surface area contributed by atoms with Gasteiger partial charge in [0.1, 0.15) is 18.1 Å². The predicted molar refractivity (Wildman–Crippen MR) is 118 cm³/mol. The standard InChI is InChI=1S/C20H27FN4O2.HI/c1-2-22-20(23-14-18-4-3-11-27-18)24-15-19(25-9-12-26-13-10-25)16-5-7-17(21)8-6-16;/h3-8,11,19H,2,9-10,12-15H2,1H3,(H2,22,23,24);1H. The molecule has 0 radical (unpaired) electrons. The molecule has 1 aliphatic heterocycles. The van der Waals surface area contributed by atoms with Crippen LogP contribution in [0.1, 0.15) is 24.3 Å². The van der Waals surface area contributed by atoms with Gasteiger partial charge in [-0.2, -0.15) is 0 Å². The summed E-state index contributed by atoms with van der Waals surface area (Å²) in [7, 11) is 0. The van der Waals surface area contributed by atoms with E-state index in [0.29, 0.717) is 26.3 Å². The van der Waals surface area contributed by atoms with Crippen molar-refractivity contribution in [3.8, 4) is 0 Å². The summed E-state index contributed by atoms with van der Waals surface area (Å²) in [4.78, 5) is 6.94. The van der Waals surface area contributed by atoms with Gasteiger partial charge in [0.25, 0.3) is 0 Å². The van der Waals surface area contributed by atoms with Gasteiger partial charge in [-0.25, -0.2) is 9.38 Å². The van der Waals surface area contributed by atoms with Gasteiger partial charge in [-0.3, -0.25) is 4.90 Å². The van der Waals surface area contributed by atoms with Gasteiger partial charge in [0.15, 0.2) is 5.96 Å². The molecular weight excluding hydrogens is 474 g/mol. The summed E-state index contributed by atoms with van der Waals surface area (Å²) < 4.78 is 24.2. The molecule has 1 saturated heterocycles. The van der Waals surface area contributed by atoms with E-state index in [2.05, 4.69) is 20.5 Å². The summed E-state index contributed by atoms with van der Waals surface area (Å²) in [5, 5.41) is 6.67. The Labute approximate surface area is 182 Å². The molecule has 0 aliphatic carbocycles. The maximum absolute atomic E-state index is 13.4. The van der Waals surface area contributed by atoms with Crippen LogP contribution in [0.15, 0.2) is 52.1 Å². The third kappa shape index (κ3) is 6.75. The van der Waals surface area contributed by atoms with Crippen LogP contribution in [-0.2, 0) is 11.3 Å². The van der Waals surface area contributed by atoms with Crippen LogP contribution in [0.5, 0.6) is 0 Å². The number of aliphatic imine (C=N–C) groups is 1. The van der Waals surface area contributed by atoms with Crippen molar-refractivity contribution < 1.29 is 13.5 Å². The Morgan fingerprint density at radius 1 is 1.18 bits per heavy atom. The molecule has 0 bridgehead atoms. The minimum atomic E-state index is -0.221. The first-order chi connectivity index (χ1) is 13.3. The first kappa shape index (κ1) is 22.6. The largest absolute Gasteiger partial charge is 0.467 e. The number of ether oxygens (including phenoxy) is 1. The first-order valence-corrected chi connectivity index (χ1v) is 9.38. The number of nitrogens with zero attached hydrogens (tertiary/aromatic N) is 2. The Morgan fingerprint density at radius 2 is 1.93 bits per heavy atom. The topological polar surface area (TPSA) is 62.0 Å². The van der Waals surface area contributed by atoms with E-state index in [1.54, 1.807) is 6.26 Å². The highest BCUT2D eigenvalue weighted by molar-refractivity contribution is 14.0. The summed E-state index contributed by atoms with van der Waals surface area (Å²) in [6.45, 7) is 7.06. The van der Waals surface area contributed by atoms with Gasteiger partial charge < -0.3 is 19.8 Å². The molecule has 1 fully saturated rings. The van der Waals surface area contributed by atoms with E-state index in [-0.39, 0.29) is 35.8 Å². The molecule has 0 spiro atoms. The second-order valence-electron chi connectivity index (χ2n) is 6.37. The van der Waals surface area contributed by atoms with Crippen molar-refractivity contribution in [2.24, 2.45) is 4.99 Å². The minimum Gasteiger partial charge on any atom is -0.467 e. The van der Waals surface area contributed by atoms with Gasteiger partial charge in [-0.05, 0) is 36.8 Å². The Hall–Kier alpha value is -1.65. The molecule has 1 atom stereocenters. The maximum Gasteiger partial charge on any atom is 0.191 e. The second-order valence-corrected chi connectivity index (χ2v) is 6.37. The smallest absolute Gasteiger partial charge is 0.191 e. The molecule has 1 unspecified atom stereocenters. The fourth-order valence-electron chi connectivity index (χ4n) is 3.13. The molecule has 8 heteroatoms. The number of hydrogen-bond acceptors (Lipinski definition) is 4. The van der Waals surface area contributed by atoms with Crippen molar-refractivity contribution in [2.75, 3.05) is 39.4 Å². The molecule has 154 valence electrons. The Bertz CT molecular complexity index is 704. The quantitative estimate of drug-likeness (QED) is 0.346. The van der Waals surface area contributed by atoms with E-state index in [4.69, 9.17) is 9.15 Å². The lowest BCUT2D eigenvalue weighted by atomic mass is 10.0. The van der Waals surface area contributed by atoms with Crippen LogP contribution >= 0.6 is 24.0 Å². The average molecular weight is 502 g/mol. The van der Waals surface area contributed by atoms with Crippen molar-refractivity contribution in [3.63, 3.8) is 0 Å². The van der Waals surface area contributed by atoms with Gasteiger partial charge in [0.05, 0.1) is 25.5 Å². The number of rotatable bonds is 7. The van der Waals surface area contributed by atoms with Crippen LogP contribution in [0.3, 0.4) is 0 Å². The summed E-state index contributed by atoms with van der Waals surface area (Å²) in [5.41, 5.74) is 1.08. The Kier molecular flexibility index (Phi) is 9.72. The molecule has 0 amide bonds. The van der Waals surface area contributed by atoms with Gasteiger partial charge in [-0.1, -0.05) is 12.1 Å². The molecule has 28 heavy (non-hydrogen) atoms. The van der Waals surface area contributed by atoms with Crippen LogP contribution < -0.4 is 10.6 Å². The number of hydrogen-bond donors (Lipinski definition) is 2. The average Bonchev–Trinajstić information content (AvgIpc) is 3.22. The van der Waals surface area contributed by atoms with Crippen molar-refractivity contribution in [2.45, 2.75) is 19.5 Å². The van der Waals surface area contributed by atoms with Crippen molar-refractivity contribution >= 4 is 29.9 Å². The highest BCUT2D eigenvalue weighted by atomic mass is 127. The first-order valence-electron chi connectivity index (χ1n) is 9.38. The van der Waals surface area contributed by atoms with Crippen molar-refractivity contribution in [1.82, 2.24) is 15.5 Å². The van der Waals surface area contributed by atoms with E-state index in [1.807, 2.05) is 31.2 Å². The van der Waals surface area contributed by atoms with Gasteiger partial charge in [0, 0.05) is 26.2 Å². The third-order valence-corrected chi connectivity index (χ3v) is 4.52. The number of benzene rings is 1. The molecule has 2 heterocycles. The molecule has 6 nitrogen and oxygen atoms in total. The zero-order chi connectivity index (χ0) is 18.9. The summed E-state index contributed by atoms with van der Waals surface area (Å²) >= 11 is 0. The number of morpholine rings is 1. The van der Waals surface area contributed by atoms with Crippen molar-refractivity contribution in [1.29, 1.82) is 0 Å². The number of guanidine groups is 1. The molecule has 2 aromatic rings. The lowest BCUT2D eigenvalue weighted by Crippen LogP contribution is -2.46. The summed E-state index contributed by atoms with van der Waals surface area (Å²) in [6.07, 6.45) is 1.65. The van der Waals surface area contributed by atoms with E-state index in [0.717, 1.165) is 36.9 Å². The predicted octanol–water partition coefficient (Wildman–Crippen LogP) is 3.17. The SMILES string of the molecule is CCNC(=NCc1ccco1)NCC(c1ccc(F)cc1)N1CCOCC1.I. The summed E-state index contributed by atoms with van der Waals surface area (Å²) in [5.74, 6) is 1.32. The maximum atomic E-state index is 13.4. The minimum absolute atomic E-state index is 0. The van der Waals surface area contributed by atoms with Crippen LogP contribution in [0, 0.1) is 5.82 Å². The summed E-state index contributed by atoms with van der Waals surface area (Å²) in [6, 6.07) is 10.6. The van der Waals surface area contributed by atoms with Gasteiger partial charge in [-0.15, -0.1) is 24.0 Å². The normalized spacial score (nSPS) is 16.3. The van der Waals surface area contributed by atoms with Gasteiger partial charge in [0.2, 0.25) is 0 Å². The zero-order valence-electron chi connectivity index (χ0n) is 16.1. The molecule has 1 aliphatic rings. The lowest BCUT2D eigenvalue weighted by molar-refractivity contribution is 0.0170. The molecule has 0 saturated carbocycles. The number of furan rings is 1. The molecule has 2 N–H and O–H groups in total. The fraction of sp³-hybridized carbons (Fsp3) is 0.450.